The van der Waals surface area contributed by atoms with Gasteiger partial charge in [-0.1, -0.05) is 0 Å². The van der Waals surface area contributed by atoms with Gasteiger partial charge in [0.05, 0.1) is 12.1 Å². The van der Waals surface area contributed by atoms with Gasteiger partial charge in [-0.3, -0.25) is 9.59 Å². The topological polar surface area (TPSA) is 96.5 Å². The summed E-state index contributed by atoms with van der Waals surface area (Å²) in [7, 11) is 0. The van der Waals surface area contributed by atoms with Crippen molar-refractivity contribution >= 4 is 17.9 Å². The van der Waals surface area contributed by atoms with Gasteiger partial charge in [0.25, 0.3) is 0 Å². The number of rotatable bonds is 2. The van der Waals surface area contributed by atoms with Crippen molar-refractivity contribution < 1.29 is 19.1 Å². The van der Waals surface area contributed by atoms with Crippen molar-refractivity contribution in [2.24, 2.45) is 0 Å². The summed E-state index contributed by atoms with van der Waals surface area (Å²) >= 11 is 0. The highest BCUT2D eigenvalue weighted by Crippen LogP contribution is 2.09. The van der Waals surface area contributed by atoms with Crippen LogP contribution in [-0.2, 0) is 14.3 Å². The van der Waals surface area contributed by atoms with Gasteiger partial charge in [-0.15, -0.1) is 0 Å². The van der Waals surface area contributed by atoms with Crippen molar-refractivity contribution in [3.63, 3.8) is 0 Å². The SMILES string of the molecule is CC(=O)N[C@H]1CC(=O)NC[C@H]1NC(=O)OC(C)(C)C. The van der Waals surface area contributed by atoms with Crippen LogP contribution in [0.25, 0.3) is 0 Å². The smallest absolute Gasteiger partial charge is 0.408 e. The molecular weight excluding hydrogens is 250 g/mol. The minimum Gasteiger partial charge on any atom is -0.444 e. The quantitative estimate of drug-likeness (QED) is 0.653. The molecule has 108 valence electrons. The summed E-state index contributed by atoms with van der Waals surface area (Å²) < 4.78 is 5.15. The minimum absolute atomic E-state index is 0.139. The van der Waals surface area contributed by atoms with Crippen LogP contribution in [0.2, 0.25) is 0 Å². The second-order valence-corrected chi connectivity index (χ2v) is 5.57. The molecule has 0 aromatic rings. The molecule has 1 heterocycles. The van der Waals surface area contributed by atoms with Gasteiger partial charge < -0.3 is 20.7 Å². The molecule has 1 rings (SSSR count). The van der Waals surface area contributed by atoms with Crippen molar-refractivity contribution in [1.82, 2.24) is 16.0 Å². The number of alkyl carbamates (subject to hydrolysis) is 1. The van der Waals surface area contributed by atoms with Crippen LogP contribution in [-0.4, -0.2) is 42.1 Å². The molecule has 0 spiro atoms. The first kappa shape index (κ1) is 15.3. The first-order valence-electron chi connectivity index (χ1n) is 6.20. The summed E-state index contributed by atoms with van der Waals surface area (Å²) in [5.41, 5.74) is -0.592. The molecule has 19 heavy (non-hydrogen) atoms. The second kappa shape index (κ2) is 5.90. The molecule has 0 radical (unpaired) electrons. The maximum atomic E-state index is 11.7. The lowest BCUT2D eigenvalue weighted by Gasteiger charge is -2.33. The maximum Gasteiger partial charge on any atom is 0.408 e. The molecule has 0 aromatic carbocycles. The Hall–Kier alpha value is -1.79. The van der Waals surface area contributed by atoms with Crippen molar-refractivity contribution in [1.29, 1.82) is 0 Å². The van der Waals surface area contributed by atoms with Crippen LogP contribution < -0.4 is 16.0 Å². The summed E-state index contributed by atoms with van der Waals surface area (Å²) in [4.78, 5) is 34.1. The number of hydrogen-bond donors (Lipinski definition) is 3. The molecule has 1 aliphatic rings. The average Bonchev–Trinajstić information content (AvgIpc) is 2.18. The monoisotopic (exact) mass is 271 g/mol. The number of nitrogens with one attached hydrogen (secondary N) is 3. The van der Waals surface area contributed by atoms with Gasteiger partial charge in [-0.25, -0.2) is 4.79 Å². The van der Waals surface area contributed by atoms with Crippen molar-refractivity contribution in [2.45, 2.75) is 51.8 Å². The van der Waals surface area contributed by atoms with Crippen LogP contribution in [0.1, 0.15) is 34.1 Å². The second-order valence-electron chi connectivity index (χ2n) is 5.57. The lowest BCUT2D eigenvalue weighted by Crippen LogP contribution is -2.61. The highest BCUT2D eigenvalue weighted by molar-refractivity contribution is 5.80. The lowest BCUT2D eigenvalue weighted by atomic mass is 10.0. The zero-order valence-corrected chi connectivity index (χ0v) is 11.7. The van der Waals surface area contributed by atoms with Crippen molar-refractivity contribution in [2.75, 3.05) is 6.54 Å². The summed E-state index contributed by atoms with van der Waals surface area (Å²) in [5.74, 6) is -0.392. The fourth-order valence-electron chi connectivity index (χ4n) is 1.80. The van der Waals surface area contributed by atoms with Gasteiger partial charge in [-0.2, -0.15) is 0 Å². The molecule has 1 aliphatic heterocycles. The van der Waals surface area contributed by atoms with E-state index in [9.17, 15) is 14.4 Å². The zero-order chi connectivity index (χ0) is 14.6. The van der Waals surface area contributed by atoms with Crippen LogP contribution in [0, 0.1) is 0 Å². The molecule has 7 heteroatoms. The molecule has 0 bridgehead atoms. The minimum atomic E-state index is -0.592. The molecule has 1 fully saturated rings. The first-order valence-corrected chi connectivity index (χ1v) is 6.20. The van der Waals surface area contributed by atoms with Crippen LogP contribution in [0.5, 0.6) is 0 Å². The molecule has 1 saturated heterocycles. The van der Waals surface area contributed by atoms with E-state index in [0.29, 0.717) is 0 Å². The Morgan fingerprint density at radius 2 is 1.89 bits per heavy atom. The molecule has 0 unspecified atom stereocenters. The third-order valence-electron chi connectivity index (χ3n) is 2.50. The van der Waals surface area contributed by atoms with Gasteiger partial charge in [0.15, 0.2) is 0 Å². The van der Waals surface area contributed by atoms with Crippen molar-refractivity contribution in [3.8, 4) is 0 Å². The number of amides is 3. The molecular formula is C12H21N3O4. The Bertz CT molecular complexity index is 374. The summed E-state index contributed by atoms with van der Waals surface area (Å²) in [6, 6.07) is -0.796. The molecule has 3 amide bonds. The first-order chi connectivity index (χ1) is 8.67. The van der Waals surface area contributed by atoms with E-state index in [4.69, 9.17) is 4.74 Å². The van der Waals surface area contributed by atoms with E-state index < -0.39 is 17.7 Å². The molecule has 0 aromatic heterocycles. The van der Waals surface area contributed by atoms with Crippen LogP contribution in [0.3, 0.4) is 0 Å². The van der Waals surface area contributed by atoms with Gasteiger partial charge in [0, 0.05) is 19.9 Å². The maximum absolute atomic E-state index is 11.7. The van der Waals surface area contributed by atoms with Crippen LogP contribution in [0.15, 0.2) is 0 Å². The third-order valence-corrected chi connectivity index (χ3v) is 2.50. The Balaban J connectivity index is 2.60. The van der Waals surface area contributed by atoms with E-state index in [0.717, 1.165) is 0 Å². The Morgan fingerprint density at radius 3 is 2.42 bits per heavy atom. The van der Waals surface area contributed by atoms with Gasteiger partial charge in [0.1, 0.15) is 5.60 Å². The third kappa shape index (κ3) is 5.58. The van der Waals surface area contributed by atoms with E-state index in [1.54, 1.807) is 20.8 Å². The predicted molar refractivity (Wildman–Crippen MR) is 68.4 cm³/mol. The predicted octanol–water partition coefficient (Wildman–Crippen LogP) is -0.0957. The van der Waals surface area contributed by atoms with E-state index in [-0.39, 0.29) is 30.8 Å². The standard InChI is InChI=1S/C12H21N3O4/c1-7(16)14-8-5-10(17)13-6-9(8)15-11(18)19-12(2,3)4/h8-9H,5-6H2,1-4H3,(H,13,17)(H,14,16)(H,15,18)/t8-,9+/m0/s1. The fraction of sp³-hybridized carbons (Fsp3) is 0.750. The molecule has 7 nitrogen and oxygen atoms in total. The average molecular weight is 271 g/mol. The van der Waals surface area contributed by atoms with Crippen LogP contribution >= 0.6 is 0 Å². The zero-order valence-electron chi connectivity index (χ0n) is 11.7. The van der Waals surface area contributed by atoms with E-state index in [2.05, 4.69) is 16.0 Å². The highest BCUT2D eigenvalue weighted by atomic mass is 16.6. The van der Waals surface area contributed by atoms with Crippen molar-refractivity contribution in [3.05, 3.63) is 0 Å². The van der Waals surface area contributed by atoms with Crippen LogP contribution in [0.4, 0.5) is 4.79 Å². The Labute approximate surface area is 112 Å². The number of carbonyl (C=O) groups is 3. The molecule has 3 N–H and O–H groups in total. The van der Waals surface area contributed by atoms with Gasteiger partial charge in [0.2, 0.25) is 11.8 Å². The molecule has 2 atom stereocenters. The van der Waals surface area contributed by atoms with E-state index in [1.807, 2.05) is 0 Å². The van der Waals surface area contributed by atoms with Gasteiger partial charge >= 0.3 is 6.09 Å². The number of ether oxygens (including phenoxy) is 1. The number of carbonyl (C=O) groups excluding carboxylic acids is 3. The molecule has 0 aliphatic carbocycles. The normalized spacial score (nSPS) is 23.3. The van der Waals surface area contributed by atoms with E-state index in [1.165, 1.54) is 6.92 Å². The molecule has 0 saturated carbocycles. The fourth-order valence-corrected chi connectivity index (χ4v) is 1.80. The highest BCUT2D eigenvalue weighted by Gasteiger charge is 2.32. The summed E-state index contributed by atoms with van der Waals surface area (Å²) in [5, 5.41) is 7.96. The lowest BCUT2D eigenvalue weighted by molar-refractivity contribution is -0.124. The number of piperidine rings is 1. The summed E-state index contributed by atoms with van der Waals surface area (Å²) in [6.45, 7) is 6.93. The largest absolute Gasteiger partial charge is 0.444 e. The van der Waals surface area contributed by atoms with E-state index >= 15 is 0 Å². The number of hydrogen-bond acceptors (Lipinski definition) is 4. The Morgan fingerprint density at radius 1 is 1.26 bits per heavy atom. The summed E-state index contributed by atoms with van der Waals surface area (Å²) in [6.07, 6.45) is -0.427. The Kier molecular flexibility index (Phi) is 4.74. The van der Waals surface area contributed by atoms with Gasteiger partial charge in [-0.05, 0) is 20.8 Å².